The number of benzene rings is 1. The predicted octanol–water partition coefficient (Wildman–Crippen LogP) is 3.48. The summed E-state index contributed by atoms with van der Waals surface area (Å²) in [4.78, 5) is 0. The van der Waals surface area contributed by atoms with Gasteiger partial charge in [-0.25, -0.2) is 4.39 Å². The van der Waals surface area contributed by atoms with Gasteiger partial charge in [0.2, 0.25) is 0 Å². The quantitative estimate of drug-likeness (QED) is 0.817. The molecule has 7 heteroatoms. The number of rotatable bonds is 6. The topological polar surface area (TPSA) is 44.5 Å². The Bertz CT molecular complexity index is 435. The Balaban J connectivity index is 2.59. The van der Waals surface area contributed by atoms with Gasteiger partial charge >= 0.3 is 6.36 Å². The molecule has 0 aliphatic rings. The predicted molar refractivity (Wildman–Crippen MR) is 66.0 cm³/mol. The van der Waals surface area contributed by atoms with E-state index in [2.05, 4.69) is 4.74 Å². The van der Waals surface area contributed by atoms with Crippen molar-refractivity contribution in [3.8, 4) is 11.5 Å². The fraction of sp³-hybridized carbons (Fsp3) is 0.538. The monoisotopic (exact) mass is 295 g/mol. The molecule has 0 radical (unpaired) electrons. The summed E-state index contributed by atoms with van der Waals surface area (Å²) in [5.74, 6) is -1.53. The molecule has 1 atom stereocenters. The third-order valence-corrected chi connectivity index (χ3v) is 2.37. The number of hydrogen-bond acceptors (Lipinski definition) is 3. The van der Waals surface area contributed by atoms with Gasteiger partial charge in [0, 0.05) is 12.1 Å². The maximum absolute atomic E-state index is 13.4. The van der Waals surface area contributed by atoms with E-state index in [1.165, 1.54) is 6.07 Å². The van der Waals surface area contributed by atoms with Gasteiger partial charge in [-0.3, -0.25) is 0 Å². The van der Waals surface area contributed by atoms with Crippen molar-refractivity contribution in [2.24, 2.45) is 11.7 Å². The Morgan fingerprint density at radius 2 is 1.90 bits per heavy atom. The van der Waals surface area contributed by atoms with Crippen molar-refractivity contribution in [3.05, 3.63) is 24.0 Å². The van der Waals surface area contributed by atoms with Crippen LogP contribution in [0, 0.1) is 11.7 Å². The first kappa shape index (κ1) is 16.6. The number of nitrogens with two attached hydrogens (primary N) is 1. The van der Waals surface area contributed by atoms with Gasteiger partial charge < -0.3 is 15.2 Å². The van der Waals surface area contributed by atoms with Gasteiger partial charge in [-0.2, -0.15) is 0 Å². The van der Waals surface area contributed by atoms with Gasteiger partial charge in [-0.15, -0.1) is 13.2 Å². The largest absolute Gasteiger partial charge is 0.573 e. The van der Waals surface area contributed by atoms with Crippen molar-refractivity contribution in [2.75, 3.05) is 6.61 Å². The Morgan fingerprint density at radius 3 is 2.40 bits per heavy atom. The lowest BCUT2D eigenvalue weighted by molar-refractivity contribution is -0.275. The van der Waals surface area contributed by atoms with Crippen LogP contribution in [0.15, 0.2) is 18.2 Å². The first-order chi connectivity index (χ1) is 9.17. The lowest BCUT2D eigenvalue weighted by Gasteiger charge is -2.15. The fourth-order valence-corrected chi connectivity index (χ4v) is 1.66. The summed E-state index contributed by atoms with van der Waals surface area (Å²) in [6.45, 7) is 4.17. The van der Waals surface area contributed by atoms with Crippen LogP contribution in [-0.4, -0.2) is 19.0 Å². The van der Waals surface area contributed by atoms with Crippen LogP contribution in [0.2, 0.25) is 0 Å². The highest BCUT2D eigenvalue weighted by molar-refractivity contribution is 5.33. The molecule has 0 aliphatic carbocycles. The molecular formula is C13H17F4NO2. The lowest BCUT2D eigenvalue weighted by atomic mass is 10.1. The highest BCUT2D eigenvalue weighted by atomic mass is 19.4. The smallest absolute Gasteiger partial charge is 0.492 e. The highest BCUT2D eigenvalue weighted by Crippen LogP contribution is 2.28. The Labute approximate surface area is 114 Å². The van der Waals surface area contributed by atoms with E-state index in [0.717, 1.165) is 18.6 Å². The van der Waals surface area contributed by atoms with Gasteiger partial charge in [0.15, 0.2) is 11.6 Å². The molecule has 3 nitrogen and oxygen atoms in total. The number of halogens is 4. The molecular weight excluding hydrogens is 278 g/mol. The van der Waals surface area contributed by atoms with Crippen LogP contribution in [-0.2, 0) is 0 Å². The molecule has 0 saturated heterocycles. The zero-order chi connectivity index (χ0) is 15.3. The van der Waals surface area contributed by atoms with E-state index < -0.39 is 17.9 Å². The van der Waals surface area contributed by atoms with Gasteiger partial charge in [0.05, 0.1) is 0 Å². The minimum absolute atomic E-state index is 0.108. The molecule has 1 aromatic carbocycles. The van der Waals surface area contributed by atoms with Gasteiger partial charge in [-0.1, -0.05) is 13.8 Å². The Kier molecular flexibility index (Phi) is 5.62. The van der Waals surface area contributed by atoms with Crippen LogP contribution >= 0.6 is 0 Å². The van der Waals surface area contributed by atoms with Gasteiger partial charge in [-0.05, 0) is 24.5 Å². The number of ether oxygens (including phenoxy) is 2. The molecule has 1 aromatic rings. The maximum Gasteiger partial charge on any atom is 0.573 e. The second kappa shape index (κ2) is 6.78. The van der Waals surface area contributed by atoms with Gasteiger partial charge in [0.1, 0.15) is 12.4 Å². The van der Waals surface area contributed by atoms with Crippen LogP contribution in [0.1, 0.15) is 20.3 Å². The van der Waals surface area contributed by atoms with Crippen LogP contribution in [0.5, 0.6) is 11.5 Å². The van der Waals surface area contributed by atoms with Gasteiger partial charge in [0.25, 0.3) is 0 Å². The zero-order valence-corrected chi connectivity index (χ0v) is 11.2. The molecule has 0 unspecified atom stereocenters. The number of hydrogen-bond donors (Lipinski definition) is 1. The van der Waals surface area contributed by atoms with Crippen molar-refractivity contribution in [2.45, 2.75) is 32.7 Å². The molecule has 0 amide bonds. The maximum atomic E-state index is 13.4. The molecule has 0 aliphatic heterocycles. The first-order valence-electron chi connectivity index (χ1n) is 6.11. The first-order valence-corrected chi connectivity index (χ1v) is 6.11. The lowest BCUT2D eigenvalue weighted by Crippen LogP contribution is -2.29. The normalized spacial score (nSPS) is 13.4. The fourth-order valence-electron chi connectivity index (χ4n) is 1.66. The molecule has 0 fully saturated rings. The summed E-state index contributed by atoms with van der Waals surface area (Å²) in [6, 6.07) is 2.69. The summed E-state index contributed by atoms with van der Waals surface area (Å²) >= 11 is 0. The summed E-state index contributed by atoms with van der Waals surface area (Å²) < 4.78 is 58.0. The molecule has 0 aromatic heterocycles. The molecule has 1 rings (SSSR count). The van der Waals surface area contributed by atoms with Crippen LogP contribution in [0.4, 0.5) is 17.6 Å². The van der Waals surface area contributed by atoms with Crippen molar-refractivity contribution in [3.63, 3.8) is 0 Å². The average molecular weight is 295 g/mol. The van der Waals surface area contributed by atoms with E-state index in [4.69, 9.17) is 10.5 Å². The Morgan fingerprint density at radius 1 is 1.25 bits per heavy atom. The minimum Gasteiger partial charge on any atom is -0.492 e. The van der Waals surface area contributed by atoms with E-state index in [1.54, 1.807) is 0 Å². The molecule has 0 spiro atoms. The summed E-state index contributed by atoms with van der Waals surface area (Å²) in [6.07, 6.45) is -4.19. The van der Waals surface area contributed by atoms with E-state index in [1.807, 2.05) is 13.8 Å². The van der Waals surface area contributed by atoms with Crippen LogP contribution < -0.4 is 15.2 Å². The minimum atomic E-state index is -4.93. The van der Waals surface area contributed by atoms with E-state index in [0.29, 0.717) is 5.92 Å². The molecule has 20 heavy (non-hydrogen) atoms. The van der Waals surface area contributed by atoms with Crippen molar-refractivity contribution in [1.29, 1.82) is 0 Å². The SMILES string of the molecule is CC(C)C[C@H](N)COc1ccc(OC(F)(F)F)c(F)c1. The number of alkyl halides is 3. The van der Waals surface area contributed by atoms with E-state index >= 15 is 0 Å². The van der Waals surface area contributed by atoms with Crippen LogP contribution in [0.25, 0.3) is 0 Å². The molecule has 114 valence electrons. The van der Waals surface area contributed by atoms with Crippen molar-refractivity contribution in [1.82, 2.24) is 0 Å². The highest BCUT2D eigenvalue weighted by Gasteiger charge is 2.32. The molecule has 0 heterocycles. The zero-order valence-electron chi connectivity index (χ0n) is 11.2. The second-order valence-corrected chi connectivity index (χ2v) is 4.84. The standard InChI is InChI=1S/C13H17F4NO2/c1-8(2)5-9(18)7-19-10-3-4-12(11(14)6-10)20-13(15,16)17/h3-4,6,8-9H,5,7,18H2,1-2H3/t9-/m0/s1. The molecule has 2 N–H and O–H groups in total. The summed E-state index contributed by atoms with van der Waals surface area (Å²) in [7, 11) is 0. The summed E-state index contributed by atoms with van der Waals surface area (Å²) in [5, 5.41) is 0. The van der Waals surface area contributed by atoms with E-state index in [-0.39, 0.29) is 18.4 Å². The van der Waals surface area contributed by atoms with Crippen molar-refractivity contribution < 1.29 is 27.0 Å². The second-order valence-electron chi connectivity index (χ2n) is 4.84. The van der Waals surface area contributed by atoms with Crippen molar-refractivity contribution >= 4 is 0 Å². The summed E-state index contributed by atoms with van der Waals surface area (Å²) in [5.41, 5.74) is 5.78. The Hall–Kier alpha value is -1.50. The molecule has 0 saturated carbocycles. The third-order valence-electron chi connectivity index (χ3n) is 2.37. The van der Waals surface area contributed by atoms with Crippen LogP contribution in [0.3, 0.4) is 0 Å². The molecule has 0 bridgehead atoms. The average Bonchev–Trinajstić information content (AvgIpc) is 2.27. The van der Waals surface area contributed by atoms with E-state index in [9.17, 15) is 17.6 Å². The third kappa shape index (κ3) is 6.10.